The zero-order chi connectivity index (χ0) is 11.2. The van der Waals surface area contributed by atoms with Gasteiger partial charge in [0.2, 0.25) is 10.0 Å². The summed E-state index contributed by atoms with van der Waals surface area (Å²) >= 11 is 0. The maximum atomic E-state index is 11.2. The van der Waals surface area contributed by atoms with E-state index in [1.165, 1.54) is 0 Å². The van der Waals surface area contributed by atoms with Crippen molar-refractivity contribution in [3.05, 3.63) is 0 Å². The van der Waals surface area contributed by atoms with Crippen LogP contribution in [0.15, 0.2) is 0 Å². The Morgan fingerprint density at radius 3 is 2.43 bits per heavy atom. The monoisotopic (exact) mass is 223 g/mol. The summed E-state index contributed by atoms with van der Waals surface area (Å²) in [5.41, 5.74) is 5.16. The summed E-state index contributed by atoms with van der Waals surface area (Å²) in [6.07, 6.45) is 0. The molecule has 6 heteroatoms. The highest BCUT2D eigenvalue weighted by Crippen LogP contribution is 1.91. The second-order valence-electron chi connectivity index (χ2n) is 3.58. The fourth-order valence-corrected chi connectivity index (χ4v) is 1.72. The van der Waals surface area contributed by atoms with E-state index in [1.54, 1.807) is 0 Å². The van der Waals surface area contributed by atoms with E-state index in [0.717, 1.165) is 0 Å². The molecule has 0 unspecified atom stereocenters. The third-order valence-corrected chi connectivity index (χ3v) is 3.47. The van der Waals surface area contributed by atoms with Crippen LogP contribution in [-0.2, 0) is 10.0 Å². The maximum Gasteiger partial charge on any atom is 0.212 e. The fraction of sp³-hybridized carbons (Fsp3) is 1.00. The summed E-state index contributed by atoms with van der Waals surface area (Å²) in [5, 5.41) is 0. The highest BCUT2D eigenvalue weighted by atomic mass is 32.2. The van der Waals surface area contributed by atoms with Gasteiger partial charge in [0.25, 0.3) is 0 Å². The molecule has 0 saturated carbocycles. The van der Waals surface area contributed by atoms with Crippen LogP contribution < -0.4 is 10.5 Å². The van der Waals surface area contributed by atoms with Gasteiger partial charge in [0, 0.05) is 25.7 Å². The van der Waals surface area contributed by atoms with Crippen LogP contribution in [0.2, 0.25) is 0 Å². The molecule has 0 atom stereocenters. The Morgan fingerprint density at radius 1 is 1.43 bits per heavy atom. The van der Waals surface area contributed by atoms with Gasteiger partial charge in [0.1, 0.15) is 0 Å². The smallest absolute Gasteiger partial charge is 0.212 e. The van der Waals surface area contributed by atoms with Gasteiger partial charge < -0.3 is 10.6 Å². The Morgan fingerprint density at radius 2 is 2.00 bits per heavy atom. The number of sulfonamides is 1. The second-order valence-corrected chi connectivity index (χ2v) is 5.50. The SMILES string of the molecule is CC(C)N(C)CCNS(=O)(=O)CCN. The van der Waals surface area contributed by atoms with Crippen molar-refractivity contribution in [2.75, 3.05) is 32.4 Å². The minimum Gasteiger partial charge on any atom is -0.329 e. The number of rotatable bonds is 7. The molecule has 0 fully saturated rings. The van der Waals surface area contributed by atoms with Crippen LogP contribution in [0.1, 0.15) is 13.8 Å². The lowest BCUT2D eigenvalue weighted by Crippen LogP contribution is -2.37. The average Bonchev–Trinajstić information content (AvgIpc) is 2.03. The molecule has 3 N–H and O–H groups in total. The highest BCUT2D eigenvalue weighted by Gasteiger charge is 2.09. The van der Waals surface area contributed by atoms with Gasteiger partial charge in [-0.15, -0.1) is 0 Å². The highest BCUT2D eigenvalue weighted by molar-refractivity contribution is 7.89. The van der Waals surface area contributed by atoms with Gasteiger partial charge in [-0.05, 0) is 20.9 Å². The average molecular weight is 223 g/mol. The predicted octanol–water partition coefficient (Wildman–Crippen LogP) is -0.795. The second kappa shape index (κ2) is 6.34. The zero-order valence-electron chi connectivity index (χ0n) is 9.16. The first-order valence-corrected chi connectivity index (χ1v) is 6.42. The van der Waals surface area contributed by atoms with E-state index in [2.05, 4.69) is 23.5 Å². The number of nitrogens with one attached hydrogen (secondary N) is 1. The lowest BCUT2D eigenvalue weighted by molar-refractivity contribution is 0.278. The summed E-state index contributed by atoms with van der Waals surface area (Å²) in [6.45, 7) is 5.44. The van der Waals surface area contributed by atoms with Crippen molar-refractivity contribution in [3.63, 3.8) is 0 Å². The van der Waals surface area contributed by atoms with Crippen LogP contribution in [0.25, 0.3) is 0 Å². The van der Waals surface area contributed by atoms with Gasteiger partial charge in [-0.2, -0.15) is 0 Å². The molecule has 0 aliphatic carbocycles. The van der Waals surface area contributed by atoms with E-state index in [1.807, 2.05) is 7.05 Å². The van der Waals surface area contributed by atoms with E-state index < -0.39 is 10.0 Å². The van der Waals surface area contributed by atoms with Crippen LogP contribution >= 0.6 is 0 Å². The van der Waals surface area contributed by atoms with Crippen LogP contribution in [0.5, 0.6) is 0 Å². The minimum absolute atomic E-state index is 0.00159. The molecular formula is C8H21N3O2S. The number of hydrogen-bond donors (Lipinski definition) is 2. The molecule has 0 amide bonds. The molecule has 0 spiro atoms. The van der Waals surface area contributed by atoms with Gasteiger partial charge in [-0.1, -0.05) is 0 Å². The van der Waals surface area contributed by atoms with Gasteiger partial charge in [0.15, 0.2) is 0 Å². The number of nitrogens with zero attached hydrogens (tertiary/aromatic N) is 1. The summed E-state index contributed by atoms with van der Waals surface area (Å²) < 4.78 is 24.8. The van der Waals surface area contributed by atoms with Crippen molar-refractivity contribution in [1.29, 1.82) is 0 Å². The molecule has 0 aromatic rings. The Kier molecular flexibility index (Phi) is 6.26. The molecule has 0 aromatic heterocycles. The molecule has 14 heavy (non-hydrogen) atoms. The third-order valence-electron chi connectivity index (χ3n) is 2.05. The Hall–Kier alpha value is -0.170. The quantitative estimate of drug-likeness (QED) is 0.593. The predicted molar refractivity (Wildman–Crippen MR) is 58.6 cm³/mol. The maximum absolute atomic E-state index is 11.2. The van der Waals surface area contributed by atoms with Crippen LogP contribution in [0.4, 0.5) is 0 Å². The molecule has 0 saturated heterocycles. The standard InChI is InChI=1S/C8H21N3O2S/c1-8(2)11(3)6-5-10-14(12,13)7-4-9/h8,10H,4-7,9H2,1-3H3. The van der Waals surface area contributed by atoms with Crippen molar-refractivity contribution in [3.8, 4) is 0 Å². The van der Waals surface area contributed by atoms with E-state index in [0.29, 0.717) is 19.1 Å². The van der Waals surface area contributed by atoms with E-state index in [-0.39, 0.29) is 12.3 Å². The third kappa shape index (κ3) is 6.31. The summed E-state index contributed by atoms with van der Waals surface area (Å²) in [6, 6.07) is 0.425. The first kappa shape index (κ1) is 13.8. The van der Waals surface area contributed by atoms with E-state index in [9.17, 15) is 8.42 Å². The Bertz CT molecular complexity index is 239. The van der Waals surface area contributed by atoms with E-state index >= 15 is 0 Å². The lowest BCUT2D eigenvalue weighted by atomic mass is 10.3. The van der Waals surface area contributed by atoms with Crippen molar-refractivity contribution >= 4 is 10.0 Å². The van der Waals surface area contributed by atoms with Crippen LogP contribution in [-0.4, -0.2) is 51.8 Å². The minimum atomic E-state index is -3.15. The molecule has 0 bridgehead atoms. The molecule has 0 aliphatic rings. The normalized spacial score (nSPS) is 12.7. The van der Waals surface area contributed by atoms with Gasteiger partial charge >= 0.3 is 0 Å². The first-order valence-electron chi connectivity index (χ1n) is 4.76. The van der Waals surface area contributed by atoms with Crippen molar-refractivity contribution in [1.82, 2.24) is 9.62 Å². The molecule has 0 aromatic carbocycles. The molecule has 0 rings (SSSR count). The number of likely N-dealkylation sites (N-methyl/N-ethyl adjacent to an activating group) is 1. The largest absolute Gasteiger partial charge is 0.329 e. The molecule has 0 aliphatic heterocycles. The molecule has 0 heterocycles. The number of hydrogen-bond acceptors (Lipinski definition) is 4. The van der Waals surface area contributed by atoms with Gasteiger partial charge in [-0.3, -0.25) is 0 Å². The first-order chi connectivity index (χ1) is 6.39. The molecule has 0 radical (unpaired) electrons. The Balaban J connectivity index is 3.74. The van der Waals surface area contributed by atoms with Crippen LogP contribution in [0.3, 0.4) is 0 Å². The van der Waals surface area contributed by atoms with Crippen molar-refractivity contribution < 1.29 is 8.42 Å². The van der Waals surface area contributed by atoms with Crippen molar-refractivity contribution in [2.24, 2.45) is 5.73 Å². The Labute approximate surface area is 86.7 Å². The summed E-state index contributed by atoms with van der Waals surface area (Å²) in [5.74, 6) is -0.00159. The molecule has 86 valence electrons. The van der Waals surface area contributed by atoms with E-state index in [4.69, 9.17) is 5.73 Å². The zero-order valence-corrected chi connectivity index (χ0v) is 9.97. The summed E-state index contributed by atoms with van der Waals surface area (Å²) in [7, 11) is -1.19. The van der Waals surface area contributed by atoms with Gasteiger partial charge in [-0.25, -0.2) is 13.1 Å². The molecular weight excluding hydrogens is 202 g/mol. The van der Waals surface area contributed by atoms with Gasteiger partial charge in [0.05, 0.1) is 5.75 Å². The number of nitrogens with two attached hydrogens (primary N) is 1. The molecule has 5 nitrogen and oxygen atoms in total. The fourth-order valence-electron chi connectivity index (χ4n) is 0.863. The summed E-state index contributed by atoms with van der Waals surface area (Å²) in [4.78, 5) is 2.07. The van der Waals surface area contributed by atoms with Crippen molar-refractivity contribution in [2.45, 2.75) is 19.9 Å². The van der Waals surface area contributed by atoms with Crippen LogP contribution in [0, 0.1) is 0 Å². The topological polar surface area (TPSA) is 75.4 Å². The lowest BCUT2D eigenvalue weighted by Gasteiger charge is -2.20.